The summed E-state index contributed by atoms with van der Waals surface area (Å²) < 4.78 is 6.26. The lowest BCUT2D eigenvalue weighted by molar-refractivity contribution is 0.332. The van der Waals surface area contributed by atoms with Crippen molar-refractivity contribution in [3.8, 4) is 0 Å². The van der Waals surface area contributed by atoms with E-state index in [1.54, 1.807) is 0 Å². The maximum Gasteiger partial charge on any atom is 0.158 e. The molecular formula is C26H28BNO. The van der Waals surface area contributed by atoms with Crippen LogP contribution in [0.1, 0.15) is 51.7 Å². The minimum atomic E-state index is 0.197. The molecule has 5 rings (SSSR count). The largest absolute Gasteiger partial charge is 0.454 e. The molecule has 0 unspecified atom stereocenters. The van der Waals surface area contributed by atoms with Gasteiger partial charge in [-0.05, 0) is 53.0 Å². The second kappa shape index (κ2) is 6.16. The van der Waals surface area contributed by atoms with E-state index in [0.29, 0.717) is 0 Å². The number of rotatable bonds is 2. The molecule has 3 heteroatoms. The van der Waals surface area contributed by atoms with Crippen LogP contribution in [0, 0.1) is 0 Å². The van der Waals surface area contributed by atoms with E-state index in [9.17, 15) is 0 Å². The van der Waals surface area contributed by atoms with Gasteiger partial charge in [0, 0.05) is 16.5 Å². The Bertz CT molecular complexity index is 1250. The van der Waals surface area contributed by atoms with Crippen molar-refractivity contribution in [2.24, 2.45) is 0 Å². The molecule has 1 heterocycles. The van der Waals surface area contributed by atoms with Crippen molar-refractivity contribution in [1.82, 2.24) is 0 Å². The summed E-state index contributed by atoms with van der Waals surface area (Å²) in [5.74, 6) is 0. The second-order valence-electron chi connectivity index (χ2n) is 9.89. The number of para-hydroxylation sites is 1. The highest BCUT2D eigenvalue weighted by atomic mass is 16.3. The summed E-state index contributed by atoms with van der Waals surface area (Å²) in [6.45, 7) is 9.48. The molecule has 0 radical (unpaired) electrons. The Kier molecular flexibility index (Phi) is 3.90. The Morgan fingerprint density at radius 2 is 1.55 bits per heavy atom. The summed E-state index contributed by atoms with van der Waals surface area (Å²) in [6.07, 6.45) is 2.45. The molecule has 0 spiro atoms. The molecule has 0 saturated heterocycles. The average Bonchev–Trinajstić information content (AvgIpc) is 3.07. The van der Waals surface area contributed by atoms with E-state index >= 15 is 0 Å². The van der Waals surface area contributed by atoms with Crippen LogP contribution in [0.15, 0.2) is 59.0 Å². The van der Waals surface area contributed by atoms with Gasteiger partial charge in [0.25, 0.3) is 0 Å². The van der Waals surface area contributed by atoms with Gasteiger partial charge in [-0.2, -0.15) is 0 Å². The molecule has 29 heavy (non-hydrogen) atoms. The van der Waals surface area contributed by atoms with Gasteiger partial charge in [0.05, 0.1) is 5.69 Å². The lowest BCUT2D eigenvalue weighted by atomic mass is 9.63. The van der Waals surface area contributed by atoms with Crippen molar-refractivity contribution in [1.29, 1.82) is 0 Å². The van der Waals surface area contributed by atoms with Gasteiger partial charge in [-0.1, -0.05) is 69.6 Å². The summed E-state index contributed by atoms with van der Waals surface area (Å²) in [6, 6.07) is 19.5. The van der Waals surface area contributed by atoms with Crippen molar-refractivity contribution < 1.29 is 4.42 Å². The molecule has 146 valence electrons. The van der Waals surface area contributed by atoms with E-state index in [0.717, 1.165) is 27.9 Å². The molecule has 0 saturated carbocycles. The van der Waals surface area contributed by atoms with Gasteiger partial charge < -0.3 is 9.73 Å². The van der Waals surface area contributed by atoms with Crippen LogP contribution in [0.2, 0.25) is 0 Å². The van der Waals surface area contributed by atoms with E-state index in [1.807, 2.05) is 12.1 Å². The van der Waals surface area contributed by atoms with Gasteiger partial charge in [-0.25, -0.2) is 0 Å². The van der Waals surface area contributed by atoms with Gasteiger partial charge in [0.1, 0.15) is 13.4 Å². The normalized spacial score (nSPS) is 17.4. The molecule has 0 fully saturated rings. The zero-order chi connectivity index (χ0) is 20.4. The van der Waals surface area contributed by atoms with Crippen LogP contribution in [0.5, 0.6) is 0 Å². The molecule has 0 amide bonds. The summed E-state index contributed by atoms with van der Waals surface area (Å²) >= 11 is 0. The highest BCUT2D eigenvalue weighted by molar-refractivity contribution is 6.38. The van der Waals surface area contributed by atoms with Crippen molar-refractivity contribution in [2.75, 3.05) is 5.32 Å². The number of fused-ring (bicyclic) bond motifs is 4. The number of hydrogen-bond acceptors (Lipinski definition) is 2. The van der Waals surface area contributed by atoms with Crippen LogP contribution in [0.25, 0.3) is 21.9 Å². The monoisotopic (exact) mass is 381 g/mol. The summed E-state index contributed by atoms with van der Waals surface area (Å²) in [4.78, 5) is 0. The fourth-order valence-corrected chi connectivity index (χ4v) is 4.85. The highest BCUT2D eigenvalue weighted by Crippen LogP contribution is 2.46. The van der Waals surface area contributed by atoms with Gasteiger partial charge in [0.2, 0.25) is 0 Å². The van der Waals surface area contributed by atoms with Crippen molar-refractivity contribution in [3.63, 3.8) is 0 Å². The molecule has 1 aliphatic rings. The maximum absolute atomic E-state index is 6.26. The van der Waals surface area contributed by atoms with Gasteiger partial charge in [0.15, 0.2) is 5.58 Å². The molecule has 4 aromatic rings. The van der Waals surface area contributed by atoms with Gasteiger partial charge in [-0.3, -0.25) is 0 Å². The smallest absolute Gasteiger partial charge is 0.158 e. The molecule has 0 aliphatic heterocycles. The second-order valence-corrected chi connectivity index (χ2v) is 9.89. The molecular weight excluding hydrogens is 353 g/mol. The number of hydrogen-bond donors (Lipinski definition) is 1. The van der Waals surface area contributed by atoms with Crippen molar-refractivity contribution in [2.45, 2.75) is 51.4 Å². The number of benzene rings is 3. The van der Waals surface area contributed by atoms with Crippen LogP contribution in [0.4, 0.5) is 11.4 Å². The average molecular weight is 381 g/mol. The molecule has 2 nitrogen and oxygen atoms in total. The third-order valence-electron chi connectivity index (χ3n) is 6.88. The first-order chi connectivity index (χ1) is 13.8. The first-order valence-electron chi connectivity index (χ1n) is 10.6. The Labute approximate surface area is 173 Å². The predicted molar refractivity (Wildman–Crippen MR) is 127 cm³/mol. The Morgan fingerprint density at radius 3 is 2.34 bits per heavy atom. The fraction of sp³-hybridized carbons (Fsp3) is 0.308. The molecule has 1 N–H and O–H groups in total. The van der Waals surface area contributed by atoms with E-state index in [1.165, 1.54) is 34.8 Å². The SMILES string of the molecule is Bc1ccc2c(oc3ccccc32)c1Nc1ccc2c(c1)C(C)(C)CCC2(C)C. The van der Waals surface area contributed by atoms with Crippen LogP contribution in [-0.4, -0.2) is 7.85 Å². The third kappa shape index (κ3) is 2.87. The van der Waals surface area contributed by atoms with Crippen LogP contribution < -0.4 is 10.8 Å². The van der Waals surface area contributed by atoms with E-state index in [4.69, 9.17) is 4.42 Å². The number of anilines is 2. The van der Waals surface area contributed by atoms with E-state index in [-0.39, 0.29) is 10.8 Å². The predicted octanol–water partition coefficient (Wildman–Crippen LogP) is 5.94. The number of furan rings is 1. The van der Waals surface area contributed by atoms with Gasteiger partial charge >= 0.3 is 0 Å². The van der Waals surface area contributed by atoms with Crippen LogP contribution in [-0.2, 0) is 10.8 Å². The van der Waals surface area contributed by atoms with Crippen LogP contribution >= 0.6 is 0 Å². The number of nitrogens with one attached hydrogen (secondary N) is 1. The summed E-state index contributed by atoms with van der Waals surface area (Å²) in [5, 5.41) is 6.02. The summed E-state index contributed by atoms with van der Waals surface area (Å²) in [5.41, 5.74) is 8.63. The zero-order valence-electron chi connectivity index (χ0n) is 18.0. The van der Waals surface area contributed by atoms with Crippen molar-refractivity contribution in [3.05, 3.63) is 65.7 Å². The first-order valence-corrected chi connectivity index (χ1v) is 10.6. The lowest BCUT2D eigenvalue weighted by Gasteiger charge is -2.42. The Hall–Kier alpha value is -2.68. The zero-order valence-corrected chi connectivity index (χ0v) is 18.0. The Balaban J connectivity index is 1.64. The molecule has 3 aromatic carbocycles. The maximum atomic E-state index is 6.26. The van der Waals surface area contributed by atoms with Crippen molar-refractivity contribution >= 4 is 46.6 Å². The Morgan fingerprint density at radius 1 is 0.828 bits per heavy atom. The lowest BCUT2D eigenvalue weighted by Crippen LogP contribution is -2.33. The highest BCUT2D eigenvalue weighted by Gasteiger charge is 2.37. The summed E-state index contributed by atoms with van der Waals surface area (Å²) in [7, 11) is 2.14. The molecule has 0 atom stereocenters. The van der Waals surface area contributed by atoms with Crippen LogP contribution in [0.3, 0.4) is 0 Å². The van der Waals surface area contributed by atoms with Gasteiger partial charge in [-0.15, -0.1) is 0 Å². The quantitative estimate of drug-likeness (QED) is 0.435. The third-order valence-corrected chi connectivity index (χ3v) is 6.88. The minimum absolute atomic E-state index is 0.197. The van der Waals surface area contributed by atoms with E-state index in [2.05, 4.69) is 83.3 Å². The topological polar surface area (TPSA) is 25.2 Å². The first kappa shape index (κ1) is 18.4. The van der Waals surface area contributed by atoms with E-state index < -0.39 is 0 Å². The molecule has 1 aromatic heterocycles. The molecule has 1 aliphatic carbocycles. The minimum Gasteiger partial charge on any atom is -0.454 e. The standard InChI is InChI=1S/C26H28BNO/c1-25(2)13-14-26(3,4)20-15-16(9-11-19(20)25)28-23-21(27)12-10-18-17-7-5-6-8-22(17)29-24(18)23/h5-12,15,28H,13-14,27H2,1-4H3. The fourth-order valence-electron chi connectivity index (χ4n) is 4.85. The molecule has 0 bridgehead atoms.